The van der Waals surface area contributed by atoms with Crippen LogP contribution in [0.3, 0.4) is 0 Å². The Morgan fingerprint density at radius 3 is 2.70 bits per heavy atom. The lowest BCUT2D eigenvalue weighted by atomic mass is 10.0. The molecule has 1 saturated heterocycles. The van der Waals surface area contributed by atoms with Gasteiger partial charge >= 0.3 is 6.18 Å². The second kappa shape index (κ2) is 5.64. The summed E-state index contributed by atoms with van der Waals surface area (Å²) in [4.78, 5) is 20.5. The predicted octanol–water partition coefficient (Wildman–Crippen LogP) is 1.50. The smallest absolute Gasteiger partial charge is 0.356 e. The second-order valence-electron chi connectivity index (χ2n) is 5.53. The number of aryl methyl sites for hydroxylation is 1. The number of hydrogen-bond acceptors (Lipinski definition) is 5. The quantitative estimate of drug-likeness (QED) is 0.856. The van der Waals surface area contributed by atoms with Crippen LogP contribution >= 0.6 is 0 Å². The van der Waals surface area contributed by atoms with Gasteiger partial charge in [-0.2, -0.15) is 18.3 Å². The first kappa shape index (κ1) is 15.4. The SMILES string of the molecule is Cc1ccc(=O)n(CC2CN(c3cc(C(F)(F)F)ncn3)C2)n1. The maximum Gasteiger partial charge on any atom is 0.433 e. The van der Waals surface area contributed by atoms with Crippen molar-refractivity contribution in [3.05, 3.63) is 46.3 Å². The standard InChI is InChI=1S/C14H14F3N5O/c1-9-2-3-13(23)22(20-9)7-10-5-21(6-10)12-4-11(14(15,16)17)18-8-19-12/h2-4,8,10H,5-7H2,1H3. The van der Waals surface area contributed by atoms with Gasteiger partial charge in [-0.3, -0.25) is 4.79 Å². The molecule has 0 N–H and O–H groups in total. The van der Waals surface area contributed by atoms with E-state index in [0.717, 1.165) is 18.1 Å². The lowest BCUT2D eigenvalue weighted by Gasteiger charge is -2.40. The van der Waals surface area contributed by atoms with E-state index in [0.29, 0.717) is 19.6 Å². The first-order valence-corrected chi connectivity index (χ1v) is 7.02. The minimum Gasteiger partial charge on any atom is -0.356 e. The van der Waals surface area contributed by atoms with Crippen molar-refractivity contribution in [2.45, 2.75) is 19.6 Å². The van der Waals surface area contributed by atoms with Crippen molar-refractivity contribution in [3.63, 3.8) is 0 Å². The Balaban J connectivity index is 1.65. The molecule has 1 aliphatic rings. The molecule has 2 aromatic rings. The predicted molar refractivity (Wildman–Crippen MR) is 76.0 cm³/mol. The minimum absolute atomic E-state index is 0.145. The summed E-state index contributed by atoms with van der Waals surface area (Å²) in [5.74, 6) is 0.388. The van der Waals surface area contributed by atoms with Gasteiger partial charge in [0.1, 0.15) is 17.8 Å². The second-order valence-corrected chi connectivity index (χ2v) is 5.53. The van der Waals surface area contributed by atoms with Crippen LogP contribution in [0.1, 0.15) is 11.4 Å². The molecule has 1 aliphatic heterocycles. The van der Waals surface area contributed by atoms with Crippen molar-refractivity contribution < 1.29 is 13.2 Å². The highest BCUT2D eigenvalue weighted by atomic mass is 19.4. The van der Waals surface area contributed by atoms with Crippen molar-refractivity contribution in [2.24, 2.45) is 5.92 Å². The zero-order valence-electron chi connectivity index (χ0n) is 12.3. The number of nitrogens with zero attached hydrogens (tertiary/aromatic N) is 5. The van der Waals surface area contributed by atoms with Crippen LogP contribution < -0.4 is 10.5 Å². The van der Waals surface area contributed by atoms with Crippen LogP contribution in [0.4, 0.5) is 19.0 Å². The normalized spacial score (nSPS) is 15.6. The van der Waals surface area contributed by atoms with E-state index in [1.807, 2.05) is 0 Å². The van der Waals surface area contributed by atoms with Gasteiger partial charge in [-0.05, 0) is 13.0 Å². The Morgan fingerprint density at radius 2 is 2.00 bits per heavy atom. The maximum atomic E-state index is 12.6. The lowest BCUT2D eigenvalue weighted by Crippen LogP contribution is -2.50. The maximum absolute atomic E-state index is 12.6. The zero-order valence-corrected chi connectivity index (χ0v) is 12.3. The molecule has 23 heavy (non-hydrogen) atoms. The monoisotopic (exact) mass is 325 g/mol. The van der Waals surface area contributed by atoms with Crippen molar-refractivity contribution in [3.8, 4) is 0 Å². The van der Waals surface area contributed by atoms with Crippen molar-refractivity contribution in [2.75, 3.05) is 18.0 Å². The van der Waals surface area contributed by atoms with Gasteiger partial charge in [0.15, 0.2) is 0 Å². The van der Waals surface area contributed by atoms with E-state index in [1.165, 1.54) is 10.7 Å². The molecule has 0 bridgehead atoms. The largest absolute Gasteiger partial charge is 0.433 e. The molecule has 0 radical (unpaired) electrons. The molecule has 122 valence electrons. The van der Waals surface area contributed by atoms with Gasteiger partial charge in [-0.1, -0.05) is 0 Å². The van der Waals surface area contributed by atoms with Crippen LogP contribution in [0.15, 0.2) is 29.3 Å². The van der Waals surface area contributed by atoms with Gasteiger partial charge in [0, 0.05) is 31.1 Å². The molecule has 0 amide bonds. The summed E-state index contributed by atoms with van der Waals surface area (Å²) in [5.41, 5.74) is -0.399. The Bertz CT molecular complexity index is 767. The fourth-order valence-corrected chi connectivity index (χ4v) is 2.47. The summed E-state index contributed by atoms with van der Waals surface area (Å²) < 4.78 is 39.3. The van der Waals surface area contributed by atoms with Gasteiger partial charge in [0.05, 0.1) is 12.2 Å². The molecule has 2 aromatic heterocycles. The Kier molecular flexibility index (Phi) is 3.78. The van der Waals surface area contributed by atoms with Gasteiger partial charge in [0.25, 0.3) is 5.56 Å². The Labute approximate surface area is 129 Å². The summed E-state index contributed by atoms with van der Waals surface area (Å²) in [6.45, 7) is 3.28. The van der Waals surface area contributed by atoms with E-state index in [4.69, 9.17) is 0 Å². The third-order valence-electron chi connectivity index (χ3n) is 3.66. The van der Waals surface area contributed by atoms with Crippen LogP contribution in [0.25, 0.3) is 0 Å². The number of alkyl halides is 3. The molecule has 0 atom stereocenters. The summed E-state index contributed by atoms with van der Waals surface area (Å²) in [5, 5.41) is 4.15. The number of aromatic nitrogens is 4. The van der Waals surface area contributed by atoms with E-state index in [2.05, 4.69) is 15.1 Å². The van der Waals surface area contributed by atoms with Crippen LogP contribution in [-0.2, 0) is 12.7 Å². The molecule has 0 unspecified atom stereocenters. The van der Waals surface area contributed by atoms with Crippen molar-refractivity contribution in [1.29, 1.82) is 0 Å². The summed E-state index contributed by atoms with van der Waals surface area (Å²) >= 11 is 0. The first-order chi connectivity index (χ1) is 10.8. The highest BCUT2D eigenvalue weighted by Crippen LogP contribution is 2.30. The average molecular weight is 325 g/mol. The molecule has 3 heterocycles. The van der Waals surface area contributed by atoms with Crippen LogP contribution in [0, 0.1) is 12.8 Å². The number of anilines is 1. The highest BCUT2D eigenvalue weighted by Gasteiger charge is 2.35. The number of rotatable bonds is 3. The van der Waals surface area contributed by atoms with Gasteiger partial charge < -0.3 is 4.90 Å². The first-order valence-electron chi connectivity index (χ1n) is 7.02. The van der Waals surface area contributed by atoms with Gasteiger partial charge in [-0.15, -0.1) is 0 Å². The van der Waals surface area contributed by atoms with Gasteiger partial charge in [0.2, 0.25) is 0 Å². The third-order valence-corrected chi connectivity index (χ3v) is 3.66. The topological polar surface area (TPSA) is 63.9 Å². The van der Waals surface area contributed by atoms with Crippen LogP contribution in [0.5, 0.6) is 0 Å². The fraction of sp³-hybridized carbons (Fsp3) is 0.429. The molecular weight excluding hydrogens is 311 g/mol. The van der Waals surface area contributed by atoms with Crippen molar-refractivity contribution in [1.82, 2.24) is 19.7 Å². The molecule has 0 saturated carbocycles. The van der Waals surface area contributed by atoms with E-state index in [-0.39, 0.29) is 17.3 Å². The molecule has 0 aromatic carbocycles. The number of hydrogen-bond donors (Lipinski definition) is 0. The van der Waals surface area contributed by atoms with Gasteiger partial charge in [-0.25, -0.2) is 14.6 Å². The molecule has 0 aliphatic carbocycles. The Morgan fingerprint density at radius 1 is 1.26 bits per heavy atom. The van der Waals surface area contributed by atoms with E-state index in [9.17, 15) is 18.0 Å². The van der Waals surface area contributed by atoms with E-state index >= 15 is 0 Å². The van der Waals surface area contributed by atoms with E-state index < -0.39 is 11.9 Å². The summed E-state index contributed by atoms with van der Waals surface area (Å²) in [6, 6.07) is 4.04. The van der Waals surface area contributed by atoms with Crippen LogP contribution in [0.2, 0.25) is 0 Å². The molecule has 1 fully saturated rings. The van der Waals surface area contributed by atoms with E-state index in [1.54, 1.807) is 17.9 Å². The number of halogens is 3. The van der Waals surface area contributed by atoms with Crippen LogP contribution in [-0.4, -0.2) is 32.8 Å². The fourth-order valence-electron chi connectivity index (χ4n) is 2.47. The van der Waals surface area contributed by atoms with Crippen molar-refractivity contribution >= 4 is 5.82 Å². The average Bonchev–Trinajstić information content (AvgIpc) is 2.45. The molecule has 0 spiro atoms. The molecule has 3 rings (SSSR count). The zero-order chi connectivity index (χ0) is 16.6. The highest BCUT2D eigenvalue weighted by molar-refractivity contribution is 5.42. The molecule has 6 nitrogen and oxygen atoms in total. The summed E-state index contributed by atoms with van der Waals surface area (Å²) in [7, 11) is 0. The lowest BCUT2D eigenvalue weighted by molar-refractivity contribution is -0.141. The Hall–Kier alpha value is -2.45. The molecule has 9 heteroatoms. The minimum atomic E-state index is -4.49. The third kappa shape index (κ3) is 3.33. The molecular formula is C14H14F3N5O. The summed E-state index contributed by atoms with van der Waals surface area (Å²) in [6.07, 6.45) is -3.57.